The molecule has 0 bridgehead atoms. The smallest absolute Gasteiger partial charge is 0.191 e. The molecule has 0 fully saturated rings. The van der Waals surface area contributed by atoms with Crippen molar-refractivity contribution in [1.82, 2.24) is 0 Å². The van der Waals surface area contributed by atoms with Gasteiger partial charge in [-0.25, -0.2) is 10.0 Å². The maximum atomic E-state index is 6.13. The van der Waals surface area contributed by atoms with Crippen molar-refractivity contribution in [1.29, 1.82) is 0 Å². The van der Waals surface area contributed by atoms with Crippen LogP contribution in [0, 0.1) is 0 Å². The van der Waals surface area contributed by atoms with Gasteiger partial charge in [0.25, 0.3) is 0 Å². The van der Waals surface area contributed by atoms with Crippen LogP contribution in [0.5, 0.6) is 0 Å². The molecule has 0 spiro atoms. The van der Waals surface area contributed by atoms with Crippen LogP contribution < -0.4 is 21.5 Å². The lowest BCUT2D eigenvalue weighted by molar-refractivity contribution is 1.12. The SMILES string of the molecule is NC(=S)N(/N=C(\C(=N/N(C(N)=S)c1ccccc1)c1ccccc1)c1ccccc1)c1ccccc1. The van der Waals surface area contributed by atoms with E-state index in [4.69, 9.17) is 46.1 Å². The van der Waals surface area contributed by atoms with Gasteiger partial charge in [-0.3, -0.25) is 0 Å². The zero-order valence-corrected chi connectivity index (χ0v) is 20.9. The van der Waals surface area contributed by atoms with Crippen LogP contribution in [0.1, 0.15) is 11.1 Å². The molecule has 0 saturated heterocycles. The minimum absolute atomic E-state index is 0.0938. The van der Waals surface area contributed by atoms with E-state index in [-0.39, 0.29) is 10.2 Å². The van der Waals surface area contributed by atoms with Crippen LogP contribution in [0.25, 0.3) is 0 Å². The molecule has 178 valence electrons. The van der Waals surface area contributed by atoms with E-state index >= 15 is 0 Å². The van der Waals surface area contributed by atoms with E-state index in [1.54, 1.807) is 0 Å². The summed E-state index contributed by atoms with van der Waals surface area (Å²) in [6.45, 7) is 0. The first-order valence-corrected chi connectivity index (χ1v) is 11.9. The summed E-state index contributed by atoms with van der Waals surface area (Å²) >= 11 is 10.8. The minimum Gasteiger partial charge on any atom is -0.374 e. The second kappa shape index (κ2) is 11.8. The average Bonchev–Trinajstić information content (AvgIpc) is 2.92. The number of thiocarbonyl (C=S) groups is 2. The van der Waals surface area contributed by atoms with Crippen LogP contribution in [0.3, 0.4) is 0 Å². The van der Waals surface area contributed by atoms with Gasteiger partial charge in [0.1, 0.15) is 11.4 Å². The Bertz CT molecular complexity index is 1270. The molecule has 0 unspecified atom stereocenters. The number of hydrazone groups is 2. The Morgan fingerprint density at radius 2 is 0.750 bits per heavy atom. The van der Waals surface area contributed by atoms with Gasteiger partial charge in [-0.15, -0.1) is 0 Å². The van der Waals surface area contributed by atoms with Crippen molar-refractivity contribution in [3.63, 3.8) is 0 Å². The molecule has 4 aromatic carbocycles. The van der Waals surface area contributed by atoms with E-state index in [1.165, 1.54) is 10.0 Å². The van der Waals surface area contributed by atoms with Crippen molar-refractivity contribution in [2.24, 2.45) is 21.7 Å². The van der Waals surface area contributed by atoms with Crippen LogP contribution in [-0.4, -0.2) is 21.6 Å². The molecule has 0 aromatic heterocycles. The number of nitrogens with two attached hydrogens (primary N) is 2. The van der Waals surface area contributed by atoms with E-state index in [0.717, 1.165) is 22.5 Å². The average molecular weight is 509 g/mol. The van der Waals surface area contributed by atoms with Crippen LogP contribution in [0.15, 0.2) is 132 Å². The van der Waals surface area contributed by atoms with Crippen LogP contribution >= 0.6 is 24.4 Å². The van der Waals surface area contributed by atoms with Gasteiger partial charge < -0.3 is 11.5 Å². The first kappa shape index (κ1) is 24.7. The zero-order chi connectivity index (χ0) is 25.3. The predicted octanol–water partition coefficient (Wildman–Crippen LogP) is 5.30. The Morgan fingerprint density at radius 3 is 1.03 bits per heavy atom. The molecule has 4 N–H and O–H groups in total. The molecule has 6 nitrogen and oxygen atoms in total. The minimum atomic E-state index is 0.0938. The largest absolute Gasteiger partial charge is 0.374 e. The molecular weight excluding hydrogens is 484 g/mol. The normalized spacial score (nSPS) is 11.6. The number of hydrogen-bond acceptors (Lipinski definition) is 4. The van der Waals surface area contributed by atoms with Gasteiger partial charge >= 0.3 is 0 Å². The lowest BCUT2D eigenvalue weighted by Gasteiger charge is -2.23. The lowest BCUT2D eigenvalue weighted by Crippen LogP contribution is -2.36. The van der Waals surface area contributed by atoms with Gasteiger partial charge in [-0.1, -0.05) is 97.1 Å². The van der Waals surface area contributed by atoms with Gasteiger partial charge in [-0.05, 0) is 48.7 Å². The monoisotopic (exact) mass is 508 g/mol. The second-order valence-corrected chi connectivity index (χ2v) is 8.44. The molecule has 0 amide bonds. The molecule has 0 aliphatic heterocycles. The van der Waals surface area contributed by atoms with Gasteiger partial charge in [0.15, 0.2) is 10.2 Å². The third-order valence-corrected chi connectivity index (χ3v) is 5.48. The summed E-state index contributed by atoms with van der Waals surface area (Å²) in [5.74, 6) is 0. The summed E-state index contributed by atoms with van der Waals surface area (Å²) in [6.07, 6.45) is 0. The van der Waals surface area contributed by atoms with Crippen LogP contribution in [-0.2, 0) is 0 Å². The Balaban J connectivity index is 1.99. The molecule has 0 atom stereocenters. The molecule has 0 radical (unpaired) electrons. The summed E-state index contributed by atoms with van der Waals surface area (Å²) in [4.78, 5) is 0. The third-order valence-electron chi connectivity index (χ3n) is 5.14. The number of benzene rings is 4. The zero-order valence-electron chi connectivity index (χ0n) is 19.3. The highest BCUT2D eigenvalue weighted by molar-refractivity contribution is 7.80. The van der Waals surface area contributed by atoms with Gasteiger partial charge in [0.2, 0.25) is 0 Å². The van der Waals surface area contributed by atoms with E-state index in [2.05, 4.69) is 0 Å². The van der Waals surface area contributed by atoms with Crippen molar-refractivity contribution in [2.45, 2.75) is 0 Å². The standard InChI is InChI=1S/C28H24N6S2/c29-27(35)33(23-17-9-3-10-18-23)31-25(21-13-5-1-6-14-21)26(22-15-7-2-8-16-22)32-34(28(30)36)24-19-11-4-12-20-24/h1-20H,(H2,29,35)(H2,30,36)/b31-25-,32-26-. The fraction of sp³-hybridized carbons (Fsp3) is 0. The molecule has 0 aliphatic carbocycles. The summed E-state index contributed by atoms with van der Waals surface area (Å²) in [5, 5.41) is 13.1. The summed E-state index contributed by atoms with van der Waals surface area (Å²) in [5.41, 5.74) is 16.4. The van der Waals surface area contributed by atoms with E-state index in [1.807, 2.05) is 121 Å². The molecule has 36 heavy (non-hydrogen) atoms. The summed E-state index contributed by atoms with van der Waals surface area (Å²) < 4.78 is 0. The lowest BCUT2D eigenvalue weighted by atomic mass is 10.00. The quantitative estimate of drug-likeness (QED) is 0.200. The number of nitrogens with zero attached hydrogens (tertiary/aromatic N) is 4. The highest BCUT2D eigenvalue weighted by atomic mass is 32.1. The molecule has 4 rings (SSSR count). The second-order valence-electron chi connectivity index (χ2n) is 7.60. The fourth-order valence-corrected chi connectivity index (χ4v) is 3.78. The molecule has 0 aliphatic rings. The number of anilines is 2. The van der Waals surface area contributed by atoms with E-state index in [9.17, 15) is 0 Å². The Hall–Kier alpha value is -4.40. The van der Waals surface area contributed by atoms with Crippen molar-refractivity contribution in [2.75, 3.05) is 10.0 Å². The summed E-state index contributed by atoms with van der Waals surface area (Å²) in [6, 6.07) is 38.4. The Morgan fingerprint density at radius 1 is 0.472 bits per heavy atom. The third kappa shape index (κ3) is 5.99. The fourth-order valence-electron chi connectivity index (χ4n) is 3.48. The van der Waals surface area contributed by atoms with Gasteiger partial charge in [0.05, 0.1) is 11.4 Å². The molecule has 0 heterocycles. The first-order chi connectivity index (χ1) is 17.5. The van der Waals surface area contributed by atoms with Crippen molar-refractivity contribution < 1.29 is 0 Å². The molecule has 0 saturated carbocycles. The maximum Gasteiger partial charge on any atom is 0.191 e. The molecule has 4 aromatic rings. The predicted molar refractivity (Wildman–Crippen MR) is 157 cm³/mol. The highest BCUT2D eigenvalue weighted by Crippen LogP contribution is 2.20. The van der Waals surface area contributed by atoms with E-state index in [0.29, 0.717) is 11.4 Å². The van der Waals surface area contributed by atoms with Crippen LogP contribution in [0.2, 0.25) is 0 Å². The van der Waals surface area contributed by atoms with E-state index < -0.39 is 0 Å². The van der Waals surface area contributed by atoms with Crippen LogP contribution in [0.4, 0.5) is 11.4 Å². The Labute approximate surface area is 221 Å². The number of rotatable bonds is 7. The molecule has 8 heteroatoms. The number of para-hydroxylation sites is 2. The number of hydrogen-bond donors (Lipinski definition) is 2. The van der Waals surface area contributed by atoms with Crippen molar-refractivity contribution in [3.05, 3.63) is 132 Å². The summed E-state index contributed by atoms with van der Waals surface area (Å²) in [7, 11) is 0. The maximum absolute atomic E-state index is 6.13. The topological polar surface area (TPSA) is 83.2 Å². The van der Waals surface area contributed by atoms with Gasteiger partial charge in [0, 0.05) is 11.1 Å². The molecular formula is C28H24N6S2. The highest BCUT2D eigenvalue weighted by Gasteiger charge is 2.21. The van der Waals surface area contributed by atoms with Gasteiger partial charge in [-0.2, -0.15) is 10.2 Å². The van der Waals surface area contributed by atoms with Crippen molar-refractivity contribution >= 4 is 57.5 Å². The Kier molecular flexibility index (Phi) is 8.12. The van der Waals surface area contributed by atoms with Crippen molar-refractivity contribution in [3.8, 4) is 0 Å². The first-order valence-electron chi connectivity index (χ1n) is 11.1.